The number of ether oxygens (including phenoxy) is 2. The molecule has 7 nitrogen and oxygen atoms in total. The van der Waals surface area contributed by atoms with Crippen molar-refractivity contribution in [2.45, 2.75) is 12.1 Å². The number of benzene rings is 2. The normalized spacial score (nSPS) is 17.3. The van der Waals surface area contributed by atoms with Crippen LogP contribution in [0.2, 0.25) is 5.02 Å². The number of aliphatic hydroxyl groups excluding tert-OH is 1. The van der Waals surface area contributed by atoms with Crippen LogP contribution in [-0.2, 0) is 4.79 Å². The molecule has 2 atom stereocenters. The summed E-state index contributed by atoms with van der Waals surface area (Å²) in [5.41, 5.74) is 6.48. The Kier molecular flexibility index (Phi) is 7.93. The number of primary amides is 1. The first-order valence-electron chi connectivity index (χ1n) is 9.93. The topological polar surface area (TPSA) is 88.3 Å². The fraction of sp³-hybridized carbons (Fsp3) is 0.409. The zero-order chi connectivity index (χ0) is 21.5. The maximum Gasteiger partial charge on any atom is 0.239 e. The number of methoxy groups -OCH3 is 1. The zero-order valence-electron chi connectivity index (χ0n) is 17.0. The van der Waals surface area contributed by atoms with Crippen LogP contribution in [0.4, 0.5) is 0 Å². The number of piperazine rings is 1. The molecule has 1 aliphatic rings. The molecule has 1 amide bonds. The lowest BCUT2D eigenvalue weighted by Gasteiger charge is -2.38. The highest BCUT2D eigenvalue weighted by Crippen LogP contribution is 2.26. The van der Waals surface area contributed by atoms with Crippen LogP contribution >= 0.6 is 11.6 Å². The predicted octanol–water partition coefficient (Wildman–Crippen LogP) is 1.93. The van der Waals surface area contributed by atoms with Crippen molar-refractivity contribution in [3.63, 3.8) is 0 Å². The summed E-state index contributed by atoms with van der Waals surface area (Å²) in [7, 11) is 1.58. The van der Waals surface area contributed by atoms with Crippen LogP contribution in [0.15, 0.2) is 48.5 Å². The first-order valence-corrected chi connectivity index (χ1v) is 10.3. The highest BCUT2D eigenvalue weighted by Gasteiger charge is 2.29. The van der Waals surface area contributed by atoms with Gasteiger partial charge in [-0.25, -0.2) is 0 Å². The quantitative estimate of drug-likeness (QED) is 0.628. The molecule has 1 fully saturated rings. The Morgan fingerprint density at radius 2 is 1.83 bits per heavy atom. The van der Waals surface area contributed by atoms with E-state index in [4.69, 9.17) is 26.8 Å². The smallest absolute Gasteiger partial charge is 0.239 e. The minimum Gasteiger partial charge on any atom is -0.493 e. The average Bonchev–Trinajstić information content (AvgIpc) is 2.73. The van der Waals surface area contributed by atoms with Crippen molar-refractivity contribution in [2.24, 2.45) is 5.73 Å². The molecule has 1 heterocycles. The summed E-state index contributed by atoms with van der Waals surface area (Å²) in [6.07, 6.45) is -0.638. The first kappa shape index (κ1) is 22.4. The maximum absolute atomic E-state index is 12.1. The second-order valence-electron chi connectivity index (χ2n) is 7.31. The maximum atomic E-state index is 12.1. The molecule has 3 N–H and O–H groups in total. The molecule has 1 saturated heterocycles. The zero-order valence-corrected chi connectivity index (χ0v) is 17.8. The molecule has 162 valence electrons. The predicted molar refractivity (Wildman–Crippen MR) is 116 cm³/mol. The Morgan fingerprint density at radius 3 is 2.47 bits per heavy atom. The molecule has 0 saturated carbocycles. The van der Waals surface area contributed by atoms with Crippen LogP contribution in [0, 0.1) is 0 Å². The summed E-state index contributed by atoms with van der Waals surface area (Å²) < 4.78 is 11.0. The van der Waals surface area contributed by atoms with Crippen molar-refractivity contribution in [3.8, 4) is 11.5 Å². The van der Waals surface area contributed by atoms with E-state index in [1.54, 1.807) is 19.2 Å². The van der Waals surface area contributed by atoms with E-state index in [2.05, 4.69) is 9.80 Å². The molecule has 30 heavy (non-hydrogen) atoms. The van der Waals surface area contributed by atoms with Gasteiger partial charge in [0.15, 0.2) is 11.5 Å². The van der Waals surface area contributed by atoms with Crippen molar-refractivity contribution in [1.82, 2.24) is 9.80 Å². The third kappa shape index (κ3) is 5.86. The minimum atomic E-state index is -0.638. The largest absolute Gasteiger partial charge is 0.493 e. The number of aliphatic hydroxyl groups is 1. The summed E-state index contributed by atoms with van der Waals surface area (Å²) in [4.78, 5) is 16.3. The molecular formula is C22H28ClN3O4. The van der Waals surface area contributed by atoms with Crippen molar-refractivity contribution >= 4 is 17.5 Å². The molecule has 0 spiro atoms. The van der Waals surface area contributed by atoms with E-state index < -0.39 is 18.1 Å². The standard InChI is InChI=1S/C22H28ClN3O4/c1-29-19-7-2-3-8-20(19)30-15-18(27)14-25-9-11-26(12-10-25)21(22(24)28)16-5-4-6-17(23)13-16/h2-8,13,18,21,27H,9-12,14-15H2,1H3,(H2,24,28). The third-order valence-electron chi connectivity index (χ3n) is 5.18. The monoisotopic (exact) mass is 433 g/mol. The molecule has 2 aromatic carbocycles. The Bertz CT molecular complexity index is 843. The van der Waals surface area contributed by atoms with Gasteiger partial charge in [0.05, 0.1) is 7.11 Å². The first-order chi connectivity index (χ1) is 14.5. The number of nitrogens with zero attached hydrogens (tertiary/aromatic N) is 2. The van der Waals surface area contributed by atoms with Crippen molar-refractivity contribution in [2.75, 3.05) is 46.4 Å². The third-order valence-corrected chi connectivity index (χ3v) is 5.41. The number of nitrogens with two attached hydrogens (primary N) is 1. The summed E-state index contributed by atoms with van der Waals surface area (Å²) in [6.45, 7) is 3.43. The fourth-order valence-corrected chi connectivity index (χ4v) is 3.91. The van der Waals surface area contributed by atoms with Crippen LogP contribution in [0.3, 0.4) is 0 Å². The van der Waals surface area contributed by atoms with Crippen molar-refractivity contribution in [1.29, 1.82) is 0 Å². The molecule has 0 aliphatic carbocycles. The van der Waals surface area contributed by atoms with Crippen LogP contribution in [0.25, 0.3) is 0 Å². The van der Waals surface area contributed by atoms with Gasteiger partial charge in [-0.05, 0) is 29.8 Å². The van der Waals surface area contributed by atoms with Gasteiger partial charge in [-0.2, -0.15) is 0 Å². The molecule has 2 aromatic rings. The SMILES string of the molecule is COc1ccccc1OCC(O)CN1CCN(C(C(N)=O)c2cccc(Cl)c2)CC1. The number of hydrogen-bond donors (Lipinski definition) is 2. The van der Waals surface area contributed by atoms with Gasteiger partial charge in [-0.1, -0.05) is 35.9 Å². The van der Waals surface area contributed by atoms with Gasteiger partial charge < -0.3 is 20.3 Å². The molecular weight excluding hydrogens is 406 g/mol. The van der Waals surface area contributed by atoms with Gasteiger partial charge >= 0.3 is 0 Å². The van der Waals surface area contributed by atoms with Gasteiger partial charge in [0.25, 0.3) is 0 Å². The van der Waals surface area contributed by atoms with Crippen LogP contribution in [0.5, 0.6) is 11.5 Å². The number of rotatable bonds is 9. The van der Waals surface area contributed by atoms with E-state index in [9.17, 15) is 9.90 Å². The lowest BCUT2D eigenvalue weighted by molar-refractivity contribution is -0.124. The fourth-order valence-electron chi connectivity index (χ4n) is 3.71. The highest BCUT2D eigenvalue weighted by molar-refractivity contribution is 6.30. The van der Waals surface area contributed by atoms with Crippen molar-refractivity contribution in [3.05, 3.63) is 59.1 Å². The summed E-state index contributed by atoms with van der Waals surface area (Å²) in [5.74, 6) is 0.850. The molecule has 0 bridgehead atoms. The number of para-hydroxylation sites is 2. The minimum absolute atomic E-state index is 0.174. The lowest BCUT2D eigenvalue weighted by Crippen LogP contribution is -2.52. The second kappa shape index (κ2) is 10.6. The number of amides is 1. The number of hydrogen-bond acceptors (Lipinski definition) is 6. The van der Waals surface area contributed by atoms with Crippen molar-refractivity contribution < 1.29 is 19.4 Å². The highest BCUT2D eigenvalue weighted by atomic mass is 35.5. The van der Waals surface area contributed by atoms with Crippen LogP contribution in [0.1, 0.15) is 11.6 Å². The number of carbonyl (C=O) groups excluding carboxylic acids is 1. The van der Waals surface area contributed by atoms with Crippen LogP contribution < -0.4 is 15.2 Å². The molecule has 3 rings (SSSR count). The Balaban J connectivity index is 1.50. The Labute approximate surface area is 181 Å². The Morgan fingerprint density at radius 1 is 1.13 bits per heavy atom. The van der Waals surface area contributed by atoms with E-state index in [1.807, 2.05) is 36.4 Å². The van der Waals surface area contributed by atoms with Crippen LogP contribution in [-0.4, -0.2) is 73.4 Å². The molecule has 8 heteroatoms. The number of halogens is 1. The van der Waals surface area contributed by atoms with Gasteiger partial charge in [0, 0.05) is 37.7 Å². The summed E-state index contributed by atoms with van der Waals surface area (Å²) in [6, 6.07) is 14.1. The molecule has 0 aromatic heterocycles. The van der Waals surface area contributed by atoms with Gasteiger partial charge in [0.1, 0.15) is 18.8 Å². The average molecular weight is 434 g/mol. The van der Waals surface area contributed by atoms with E-state index in [0.29, 0.717) is 36.2 Å². The van der Waals surface area contributed by atoms with E-state index >= 15 is 0 Å². The van der Waals surface area contributed by atoms with E-state index in [1.165, 1.54) is 0 Å². The van der Waals surface area contributed by atoms with Gasteiger partial charge in [-0.3, -0.25) is 14.6 Å². The Hall–Kier alpha value is -2.32. The van der Waals surface area contributed by atoms with E-state index in [-0.39, 0.29) is 6.61 Å². The summed E-state index contributed by atoms with van der Waals surface area (Å²) in [5, 5.41) is 11.0. The summed E-state index contributed by atoms with van der Waals surface area (Å²) >= 11 is 6.08. The number of β-amino-alcohol motifs (C(OH)–C–C–N with tert-alkyl or cyclic N) is 1. The molecule has 2 unspecified atom stereocenters. The van der Waals surface area contributed by atoms with Gasteiger partial charge in [-0.15, -0.1) is 0 Å². The number of carbonyl (C=O) groups is 1. The lowest BCUT2D eigenvalue weighted by atomic mass is 10.0. The molecule has 0 radical (unpaired) electrons. The second-order valence-corrected chi connectivity index (χ2v) is 7.75. The molecule has 1 aliphatic heterocycles. The van der Waals surface area contributed by atoms with Gasteiger partial charge in [0.2, 0.25) is 5.91 Å². The van der Waals surface area contributed by atoms with E-state index in [0.717, 1.165) is 18.7 Å².